The van der Waals surface area contributed by atoms with Gasteiger partial charge in [0.25, 0.3) is 0 Å². The van der Waals surface area contributed by atoms with Crippen molar-refractivity contribution < 1.29 is 0 Å². The van der Waals surface area contributed by atoms with E-state index in [2.05, 4.69) is 229 Å². The first kappa shape index (κ1) is 33.6. The summed E-state index contributed by atoms with van der Waals surface area (Å²) < 4.78 is 2.61. The highest BCUT2D eigenvalue weighted by Crippen LogP contribution is 2.43. The largest absolute Gasteiger partial charge is 0.310 e. The van der Waals surface area contributed by atoms with Crippen molar-refractivity contribution in [3.8, 4) is 55.6 Å². The maximum absolute atomic E-state index is 2.39. The minimum atomic E-state index is 1.10. The number of rotatable bonds is 8. The second kappa shape index (κ2) is 14.7. The molecule has 0 aliphatic heterocycles. The van der Waals surface area contributed by atoms with Crippen LogP contribution in [0.2, 0.25) is 0 Å². The fraction of sp³-hybridized carbons (Fsp3) is 0. The molecule has 56 heavy (non-hydrogen) atoms. The van der Waals surface area contributed by atoms with Crippen molar-refractivity contribution in [1.29, 1.82) is 0 Å². The van der Waals surface area contributed by atoms with Crippen LogP contribution in [0, 0.1) is 0 Å². The zero-order chi connectivity index (χ0) is 37.3. The van der Waals surface area contributed by atoms with Crippen molar-refractivity contribution in [3.63, 3.8) is 0 Å². The van der Waals surface area contributed by atoms with E-state index < -0.39 is 0 Å². The van der Waals surface area contributed by atoms with Crippen LogP contribution < -0.4 is 4.90 Å². The zero-order valence-corrected chi connectivity index (χ0v) is 31.5. The van der Waals surface area contributed by atoms with Gasteiger partial charge in [-0.2, -0.15) is 0 Å². The van der Waals surface area contributed by atoms with Gasteiger partial charge in [0, 0.05) is 37.2 Å². The van der Waals surface area contributed by atoms with Crippen molar-refractivity contribution >= 4 is 48.6 Å². The molecule has 1 aromatic heterocycles. The topological polar surface area (TPSA) is 3.24 Å². The normalized spacial score (nSPS) is 11.2. The molecule has 1 heterocycles. The molecule has 0 N–H and O–H groups in total. The Morgan fingerprint density at radius 2 is 0.607 bits per heavy atom. The number of hydrogen-bond donors (Lipinski definition) is 0. The fourth-order valence-corrected chi connectivity index (χ4v) is 9.13. The third-order valence-corrected chi connectivity index (χ3v) is 11.9. The third kappa shape index (κ3) is 6.26. The van der Waals surface area contributed by atoms with E-state index in [-0.39, 0.29) is 0 Å². The van der Waals surface area contributed by atoms with Crippen LogP contribution in [0.4, 0.5) is 17.1 Å². The lowest BCUT2D eigenvalue weighted by molar-refractivity contribution is 1.29. The maximum Gasteiger partial charge on any atom is 0.0468 e. The summed E-state index contributed by atoms with van der Waals surface area (Å²) in [5.41, 5.74) is 15.5. The molecule has 1 nitrogen and oxygen atoms in total. The van der Waals surface area contributed by atoms with E-state index in [9.17, 15) is 0 Å². The summed E-state index contributed by atoms with van der Waals surface area (Å²) in [6.45, 7) is 0. The molecule has 10 rings (SSSR count). The third-order valence-electron chi connectivity index (χ3n) is 10.7. The predicted molar refractivity (Wildman–Crippen MR) is 241 cm³/mol. The molecular formula is C54H37NS. The maximum atomic E-state index is 2.39. The average molecular weight is 732 g/mol. The van der Waals surface area contributed by atoms with Gasteiger partial charge in [-0.05, 0) is 104 Å². The molecule has 0 atom stereocenters. The lowest BCUT2D eigenvalue weighted by Gasteiger charge is -2.26. The number of benzene rings is 9. The van der Waals surface area contributed by atoms with Gasteiger partial charge in [-0.1, -0.05) is 176 Å². The first-order valence-corrected chi connectivity index (χ1v) is 19.9. The van der Waals surface area contributed by atoms with Crippen LogP contribution in [-0.4, -0.2) is 0 Å². The minimum absolute atomic E-state index is 1.10. The van der Waals surface area contributed by atoms with Crippen molar-refractivity contribution in [3.05, 3.63) is 224 Å². The van der Waals surface area contributed by atoms with Crippen molar-refractivity contribution in [2.75, 3.05) is 4.90 Å². The van der Waals surface area contributed by atoms with Crippen molar-refractivity contribution in [2.45, 2.75) is 0 Å². The lowest BCUT2D eigenvalue weighted by Crippen LogP contribution is -2.09. The molecule has 2 heteroatoms. The molecule has 0 aliphatic rings. The summed E-state index contributed by atoms with van der Waals surface area (Å²) >= 11 is 1.85. The number of anilines is 3. The molecule has 0 unspecified atom stereocenters. The molecule has 0 bridgehead atoms. The smallest absolute Gasteiger partial charge is 0.0468 e. The van der Waals surface area contributed by atoms with E-state index in [1.807, 2.05) is 11.3 Å². The molecule has 0 radical (unpaired) electrons. The molecule has 264 valence electrons. The van der Waals surface area contributed by atoms with E-state index in [4.69, 9.17) is 0 Å². The predicted octanol–water partition coefficient (Wildman–Crippen LogP) is 15.9. The van der Waals surface area contributed by atoms with E-state index in [1.165, 1.54) is 75.8 Å². The molecular weight excluding hydrogens is 695 g/mol. The Hall–Kier alpha value is -7.00. The van der Waals surface area contributed by atoms with Crippen LogP contribution in [0.15, 0.2) is 224 Å². The highest BCUT2D eigenvalue weighted by Gasteiger charge is 2.17. The number of nitrogens with zero attached hydrogens (tertiary/aromatic N) is 1. The Labute approximate surface area is 332 Å². The first-order chi connectivity index (χ1) is 27.8. The summed E-state index contributed by atoms with van der Waals surface area (Å²) in [6.07, 6.45) is 0. The summed E-state index contributed by atoms with van der Waals surface area (Å²) in [4.78, 5) is 2.39. The van der Waals surface area contributed by atoms with Crippen molar-refractivity contribution in [1.82, 2.24) is 0 Å². The molecule has 0 aliphatic carbocycles. The summed E-state index contributed by atoms with van der Waals surface area (Å²) in [6, 6.07) is 81.3. The van der Waals surface area contributed by atoms with Gasteiger partial charge in [0.2, 0.25) is 0 Å². The second-order valence-electron chi connectivity index (χ2n) is 14.1. The molecule has 0 amide bonds. The van der Waals surface area contributed by atoms with Gasteiger partial charge in [-0.25, -0.2) is 0 Å². The Bertz CT molecular complexity index is 2940. The van der Waals surface area contributed by atoms with Crippen molar-refractivity contribution in [2.24, 2.45) is 0 Å². The molecule has 9 aromatic carbocycles. The van der Waals surface area contributed by atoms with Gasteiger partial charge in [0.1, 0.15) is 0 Å². The van der Waals surface area contributed by atoms with Crippen LogP contribution in [-0.2, 0) is 0 Å². The average Bonchev–Trinajstić information content (AvgIpc) is 3.66. The van der Waals surface area contributed by atoms with Gasteiger partial charge in [-0.3, -0.25) is 0 Å². The fourth-order valence-electron chi connectivity index (χ4n) is 8.04. The summed E-state index contributed by atoms with van der Waals surface area (Å²) in [7, 11) is 0. The quantitative estimate of drug-likeness (QED) is 0.150. The van der Waals surface area contributed by atoms with Gasteiger partial charge >= 0.3 is 0 Å². The Kier molecular flexibility index (Phi) is 8.79. The van der Waals surface area contributed by atoms with Gasteiger partial charge in [0.05, 0.1) is 0 Å². The molecule has 0 spiro atoms. The molecule has 10 aromatic rings. The zero-order valence-electron chi connectivity index (χ0n) is 30.7. The number of fused-ring (bicyclic) bond motifs is 3. The Balaban J connectivity index is 1.07. The second-order valence-corrected chi connectivity index (χ2v) is 15.2. The van der Waals surface area contributed by atoms with E-state index in [0.29, 0.717) is 0 Å². The van der Waals surface area contributed by atoms with Gasteiger partial charge < -0.3 is 4.90 Å². The van der Waals surface area contributed by atoms with Gasteiger partial charge in [-0.15, -0.1) is 11.3 Å². The first-order valence-electron chi connectivity index (χ1n) is 19.1. The summed E-state index contributed by atoms with van der Waals surface area (Å²) in [5.74, 6) is 0. The van der Waals surface area contributed by atoms with Crippen LogP contribution in [0.25, 0.3) is 75.8 Å². The highest BCUT2D eigenvalue weighted by atomic mass is 32.1. The summed E-state index contributed by atoms with van der Waals surface area (Å²) in [5, 5.41) is 2.58. The van der Waals surface area contributed by atoms with Crippen LogP contribution in [0.1, 0.15) is 0 Å². The van der Waals surface area contributed by atoms with E-state index in [0.717, 1.165) is 17.1 Å². The number of thiophene rings is 1. The van der Waals surface area contributed by atoms with Crippen LogP contribution >= 0.6 is 11.3 Å². The standard InChI is InChI=1S/C54H37NS/c1-3-15-38(16-4-1)45-19-7-8-20-46(45)40-27-31-42(32-28-40)55(44-35-36-54-52(37-44)51-25-13-14-26-53(51)56-54)43-33-29-41(30-34-43)48-22-10-12-24-50(48)49-23-11-9-21-47(49)39-17-5-2-6-18-39/h1-37H. The molecule has 0 saturated heterocycles. The van der Waals surface area contributed by atoms with Crippen LogP contribution in [0.3, 0.4) is 0 Å². The van der Waals surface area contributed by atoms with E-state index >= 15 is 0 Å². The Morgan fingerprint density at radius 1 is 0.250 bits per heavy atom. The minimum Gasteiger partial charge on any atom is -0.310 e. The van der Waals surface area contributed by atoms with Gasteiger partial charge in [0.15, 0.2) is 0 Å². The highest BCUT2D eigenvalue weighted by molar-refractivity contribution is 7.25. The van der Waals surface area contributed by atoms with Crippen LogP contribution in [0.5, 0.6) is 0 Å². The SMILES string of the molecule is c1ccc(-c2ccccc2-c2ccc(N(c3ccc(-c4ccccc4-c4ccccc4-c4ccccc4)cc3)c3ccc4sc5ccccc5c4c3)cc2)cc1. The molecule has 0 saturated carbocycles. The van der Waals surface area contributed by atoms with E-state index in [1.54, 1.807) is 0 Å². The molecule has 0 fully saturated rings. The lowest BCUT2D eigenvalue weighted by atomic mass is 9.89. The monoisotopic (exact) mass is 731 g/mol. The Morgan fingerprint density at radius 3 is 1.11 bits per heavy atom. The number of hydrogen-bond acceptors (Lipinski definition) is 2.